The average Bonchev–Trinajstić information content (AvgIpc) is 2.66. The lowest BCUT2D eigenvalue weighted by Crippen LogP contribution is -2.02. The third-order valence-electron chi connectivity index (χ3n) is 2.39. The van der Waals surface area contributed by atoms with Gasteiger partial charge >= 0.3 is 5.97 Å². The molecule has 0 fully saturated rings. The Kier molecular flexibility index (Phi) is 4.39. The molecule has 0 aliphatic carbocycles. The first-order chi connectivity index (χ1) is 9.02. The van der Waals surface area contributed by atoms with Gasteiger partial charge in [-0.1, -0.05) is 41.0 Å². The monoisotopic (exact) mass is 316 g/mol. The van der Waals surface area contributed by atoms with Crippen molar-refractivity contribution in [2.24, 2.45) is 0 Å². The summed E-state index contributed by atoms with van der Waals surface area (Å²) in [7, 11) is 0. The van der Waals surface area contributed by atoms with Crippen LogP contribution in [0.15, 0.2) is 29.9 Å². The second-order valence-electron chi connectivity index (χ2n) is 3.73. The van der Waals surface area contributed by atoms with E-state index in [1.165, 1.54) is 0 Å². The molecular weight excluding hydrogens is 307 g/mol. The largest absolute Gasteiger partial charge is 0.481 e. The Morgan fingerprint density at radius 3 is 2.79 bits per heavy atom. The maximum absolute atomic E-state index is 10.6. The Bertz CT molecular complexity index is 655. The molecule has 4 nitrogen and oxygen atoms in total. The van der Waals surface area contributed by atoms with Gasteiger partial charge in [0.2, 0.25) is 0 Å². The van der Waals surface area contributed by atoms with Crippen LogP contribution >= 0.6 is 35.0 Å². The number of nitrogens with zero attached hydrogens (tertiary/aromatic N) is 2. The minimum Gasteiger partial charge on any atom is -0.481 e. The summed E-state index contributed by atoms with van der Waals surface area (Å²) in [6.07, 6.45) is 1.72. The highest BCUT2D eigenvalue weighted by atomic mass is 35.5. The number of halogens is 2. The minimum atomic E-state index is -0.890. The fraction of sp³-hybridized carbons (Fsp3) is 0.167. The summed E-state index contributed by atoms with van der Waals surface area (Å²) in [4.78, 5) is 15.0. The summed E-state index contributed by atoms with van der Waals surface area (Å²) in [5, 5.41) is 10.2. The van der Waals surface area contributed by atoms with Crippen molar-refractivity contribution in [3.8, 4) is 0 Å². The van der Waals surface area contributed by atoms with Crippen molar-refractivity contribution in [2.45, 2.75) is 11.7 Å². The van der Waals surface area contributed by atoms with Crippen molar-refractivity contribution in [1.29, 1.82) is 0 Å². The number of imidazole rings is 1. The van der Waals surface area contributed by atoms with E-state index in [-0.39, 0.29) is 5.75 Å². The van der Waals surface area contributed by atoms with Crippen molar-refractivity contribution < 1.29 is 9.90 Å². The molecule has 0 atom stereocenters. The van der Waals surface area contributed by atoms with E-state index < -0.39 is 5.97 Å². The normalized spacial score (nSPS) is 10.8. The smallest absolute Gasteiger partial charge is 0.313 e. The SMILES string of the molecule is C=CCn1c(SCC(=O)O)nc2cc(Cl)c(Cl)cc21. The van der Waals surface area contributed by atoms with E-state index in [1.54, 1.807) is 18.2 Å². The number of allylic oxidation sites excluding steroid dienone is 1. The zero-order valence-corrected chi connectivity index (χ0v) is 12.1. The van der Waals surface area contributed by atoms with Gasteiger partial charge in [0.1, 0.15) is 0 Å². The maximum atomic E-state index is 10.6. The third-order valence-corrected chi connectivity index (χ3v) is 4.07. The number of hydrogen-bond acceptors (Lipinski definition) is 3. The van der Waals surface area contributed by atoms with Gasteiger partial charge < -0.3 is 9.67 Å². The summed E-state index contributed by atoms with van der Waals surface area (Å²) in [5.41, 5.74) is 1.49. The van der Waals surface area contributed by atoms with Crippen LogP contribution in [0.3, 0.4) is 0 Å². The van der Waals surface area contributed by atoms with E-state index in [0.717, 1.165) is 17.3 Å². The zero-order chi connectivity index (χ0) is 14.0. The summed E-state index contributed by atoms with van der Waals surface area (Å²) >= 11 is 13.1. The molecule has 1 aromatic heterocycles. The molecule has 0 aliphatic heterocycles. The van der Waals surface area contributed by atoms with Crippen LogP contribution in [0, 0.1) is 0 Å². The fourth-order valence-corrected chi connectivity index (χ4v) is 2.70. The predicted molar refractivity (Wildman–Crippen MR) is 78.3 cm³/mol. The Hall–Kier alpha value is -1.17. The molecule has 2 aromatic rings. The van der Waals surface area contributed by atoms with Gasteiger partial charge in [-0.25, -0.2) is 4.98 Å². The molecular formula is C12H10Cl2N2O2S. The first-order valence-corrected chi connectivity index (χ1v) is 7.08. The zero-order valence-electron chi connectivity index (χ0n) is 9.77. The molecule has 1 heterocycles. The Balaban J connectivity index is 2.52. The van der Waals surface area contributed by atoms with Crippen molar-refractivity contribution in [3.05, 3.63) is 34.8 Å². The first kappa shape index (κ1) is 14.2. The van der Waals surface area contributed by atoms with Gasteiger partial charge in [0.15, 0.2) is 5.16 Å². The van der Waals surface area contributed by atoms with Crippen LogP contribution in [0.25, 0.3) is 11.0 Å². The molecule has 0 amide bonds. The van der Waals surface area contributed by atoms with Gasteiger partial charge in [0.25, 0.3) is 0 Å². The van der Waals surface area contributed by atoms with Crippen molar-refractivity contribution >= 4 is 52.0 Å². The summed E-state index contributed by atoms with van der Waals surface area (Å²) in [6.45, 7) is 4.21. The number of carboxylic acids is 1. The summed E-state index contributed by atoms with van der Waals surface area (Å²) in [5.74, 6) is -0.944. The van der Waals surface area contributed by atoms with Gasteiger partial charge in [-0.05, 0) is 12.1 Å². The summed E-state index contributed by atoms with van der Waals surface area (Å²) < 4.78 is 1.86. The number of carboxylic acid groups (broad SMARTS) is 1. The maximum Gasteiger partial charge on any atom is 0.313 e. The van der Waals surface area contributed by atoms with Crippen LogP contribution in [0.4, 0.5) is 0 Å². The van der Waals surface area contributed by atoms with Crippen LogP contribution in [-0.4, -0.2) is 26.4 Å². The third kappa shape index (κ3) is 3.05. The molecule has 0 spiro atoms. The van der Waals surface area contributed by atoms with Gasteiger partial charge in [0.05, 0.1) is 26.8 Å². The number of benzene rings is 1. The predicted octanol–water partition coefficient (Wildman–Crippen LogP) is 3.71. The number of hydrogen-bond donors (Lipinski definition) is 1. The lowest BCUT2D eigenvalue weighted by Gasteiger charge is -2.05. The quantitative estimate of drug-likeness (QED) is 0.675. The molecule has 19 heavy (non-hydrogen) atoms. The second kappa shape index (κ2) is 5.86. The number of thioether (sulfide) groups is 1. The van der Waals surface area contributed by atoms with Crippen LogP contribution in [-0.2, 0) is 11.3 Å². The fourth-order valence-electron chi connectivity index (χ4n) is 1.64. The van der Waals surface area contributed by atoms with Crippen LogP contribution in [0.5, 0.6) is 0 Å². The molecule has 7 heteroatoms. The number of aromatic nitrogens is 2. The standard InChI is InChI=1S/C12H10Cl2N2O2S/c1-2-3-16-10-5-8(14)7(13)4-9(10)15-12(16)19-6-11(17)18/h2,4-5H,1,3,6H2,(H,17,18). The molecule has 2 rings (SSSR count). The van der Waals surface area contributed by atoms with E-state index in [4.69, 9.17) is 28.3 Å². The second-order valence-corrected chi connectivity index (χ2v) is 5.49. The van der Waals surface area contributed by atoms with E-state index in [1.807, 2.05) is 4.57 Å². The molecule has 100 valence electrons. The van der Waals surface area contributed by atoms with Gasteiger partial charge in [0, 0.05) is 6.54 Å². The van der Waals surface area contributed by atoms with Crippen LogP contribution < -0.4 is 0 Å². The Morgan fingerprint density at radius 2 is 2.16 bits per heavy atom. The highest BCUT2D eigenvalue weighted by Gasteiger charge is 2.13. The van der Waals surface area contributed by atoms with Gasteiger partial charge in [-0.3, -0.25) is 4.79 Å². The highest BCUT2D eigenvalue weighted by molar-refractivity contribution is 7.99. The van der Waals surface area contributed by atoms with Gasteiger partial charge in [-0.15, -0.1) is 6.58 Å². The lowest BCUT2D eigenvalue weighted by molar-refractivity contribution is -0.133. The molecule has 0 bridgehead atoms. The molecule has 0 unspecified atom stereocenters. The van der Waals surface area contributed by atoms with Crippen LogP contribution in [0.2, 0.25) is 10.0 Å². The molecule has 0 saturated heterocycles. The lowest BCUT2D eigenvalue weighted by atomic mass is 10.3. The number of carbonyl (C=O) groups is 1. The van der Waals surface area contributed by atoms with E-state index in [9.17, 15) is 4.79 Å². The Labute approximate surface area is 124 Å². The topological polar surface area (TPSA) is 55.1 Å². The van der Waals surface area contributed by atoms with E-state index in [0.29, 0.717) is 27.3 Å². The van der Waals surface area contributed by atoms with Crippen LogP contribution in [0.1, 0.15) is 0 Å². The molecule has 1 N–H and O–H groups in total. The van der Waals surface area contributed by atoms with Gasteiger partial charge in [-0.2, -0.15) is 0 Å². The molecule has 0 radical (unpaired) electrons. The Morgan fingerprint density at radius 1 is 1.47 bits per heavy atom. The molecule has 0 saturated carbocycles. The highest BCUT2D eigenvalue weighted by Crippen LogP contribution is 2.31. The van der Waals surface area contributed by atoms with E-state index in [2.05, 4.69) is 11.6 Å². The van der Waals surface area contributed by atoms with Crippen molar-refractivity contribution in [3.63, 3.8) is 0 Å². The van der Waals surface area contributed by atoms with Crippen molar-refractivity contribution in [2.75, 3.05) is 5.75 Å². The number of fused-ring (bicyclic) bond motifs is 1. The number of rotatable bonds is 5. The number of aliphatic carboxylic acids is 1. The minimum absolute atomic E-state index is 0.0536. The molecule has 0 aliphatic rings. The molecule has 1 aromatic carbocycles. The first-order valence-electron chi connectivity index (χ1n) is 5.33. The van der Waals surface area contributed by atoms with E-state index >= 15 is 0 Å². The average molecular weight is 317 g/mol. The van der Waals surface area contributed by atoms with Crippen molar-refractivity contribution in [1.82, 2.24) is 9.55 Å². The summed E-state index contributed by atoms with van der Waals surface area (Å²) in [6, 6.07) is 3.39.